The molecule has 0 amide bonds. The Morgan fingerprint density at radius 3 is 1.57 bits per heavy atom. The number of hydrogen-bond acceptors (Lipinski definition) is 6. The zero-order chi connectivity index (χ0) is 22.1. The highest BCUT2D eigenvalue weighted by Crippen LogP contribution is 2.33. The molecule has 0 aromatic carbocycles. The molecule has 0 aromatic rings. The fourth-order valence-corrected chi connectivity index (χ4v) is 6.39. The van der Waals surface area contributed by atoms with E-state index in [0.29, 0.717) is 6.61 Å². The molecule has 0 radical (unpaired) electrons. The summed E-state index contributed by atoms with van der Waals surface area (Å²) in [6, 6.07) is 0. The average Bonchev–Trinajstić information content (AvgIpc) is 2.68. The van der Waals surface area contributed by atoms with Crippen LogP contribution in [-0.4, -0.2) is 70.3 Å². The lowest BCUT2D eigenvalue weighted by molar-refractivity contribution is -0.151. The van der Waals surface area contributed by atoms with Crippen LogP contribution in [0.3, 0.4) is 0 Å². The summed E-state index contributed by atoms with van der Waals surface area (Å²) in [7, 11) is -7.63. The molecule has 1 saturated heterocycles. The maximum atomic E-state index is 13.0. The van der Waals surface area contributed by atoms with Gasteiger partial charge in [-0.1, -0.05) is 0 Å². The summed E-state index contributed by atoms with van der Waals surface area (Å²) in [6.45, 7) is 25.6. The van der Waals surface area contributed by atoms with Crippen LogP contribution in [0.1, 0.15) is 0 Å². The van der Waals surface area contributed by atoms with E-state index in [2.05, 4.69) is 58.9 Å². The summed E-state index contributed by atoms with van der Waals surface area (Å²) in [5.41, 5.74) is 0. The van der Waals surface area contributed by atoms with Crippen molar-refractivity contribution < 1.29 is 27.2 Å². The van der Waals surface area contributed by atoms with Gasteiger partial charge in [0.05, 0.1) is 6.61 Å². The number of rotatable bonds is 9. The van der Waals surface area contributed by atoms with Crippen molar-refractivity contribution in [2.75, 3.05) is 6.61 Å². The van der Waals surface area contributed by atoms with Crippen molar-refractivity contribution in [3.05, 3.63) is 0 Å². The molecule has 10 heteroatoms. The van der Waals surface area contributed by atoms with Gasteiger partial charge in [-0.15, -0.1) is 0 Å². The van der Waals surface area contributed by atoms with Crippen LogP contribution in [0.5, 0.6) is 0 Å². The molecule has 0 unspecified atom stereocenters. The molecule has 28 heavy (non-hydrogen) atoms. The summed E-state index contributed by atoms with van der Waals surface area (Å²) in [5, 5.41) is 0. The quantitative estimate of drug-likeness (QED) is 0.469. The van der Waals surface area contributed by atoms with E-state index in [0.717, 1.165) is 0 Å². The molecule has 0 aromatic heterocycles. The Bertz CT molecular complexity index is 530. The van der Waals surface area contributed by atoms with Gasteiger partial charge in [0.15, 0.2) is 31.1 Å². The van der Waals surface area contributed by atoms with Crippen LogP contribution in [0, 0.1) is 0 Å². The maximum absolute atomic E-state index is 13.0. The standard InChI is InChI=1S/C18H42O6Si4/c1-25(2,3)20-13-14-15(22-26(4,5)6)16(23-27(7,8)9)17(21-14)18(19)24-28(10,11)12/h14-17H,13H2,1-12H3/t14-,15-,16-,17-/m0/s1. The van der Waals surface area contributed by atoms with Crippen molar-refractivity contribution in [2.24, 2.45) is 0 Å². The lowest BCUT2D eigenvalue weighted by atomic mass is 10.1. The molecule has 0 bridgehead atoms. The summed E-state index contributed by atoms with van der Waals surface area (Å²) >= 11 is 0. The molecule has 1 aliphatic rings. The molecule has 1 rings (SSSR count). The van der Waals surface area contributed by atoms with Gasteiger partial charge in [0, 0.05) is 0 Å². The van der Waals surface area contributed by atoms with Gasteiger partial charge >= 0.3 is 5.97 Å². The molecular formula is C18H42O6Si4. The van der Waals surface area contributed by atoms with Crippen LogP contribution in [0.4, 0.5) is 0 Å². The highest BCUT2D eigenvalue weighted by molar-refractivity contribution is 6.71. The fraction of sp³-hybridized carbons (Fsp3) is 0.944. The minimum Gasteiger partial charge on any atom is -0.518 e. The molecule has 1 aliphatic heterocycles. The lowest BCUT2D eigenvalue weighted by Crippen LogP contribution is -2.51. The van der Waals surface area contributed by atoms with E-state index in [9.17, 15) is 4.79 Å². The van der Waals surface area contributed by atoms with Gasteiger partial charge in [0.1, 0.15) is 18.3 Å². The second-order valence-electron chi connectivity index (χ2n) is 11.4. The largest absolute Gasteiger partial charge is 0.518 e. The summed E-state index contributed by atoms with van der Waals surface area (Å²) in [6.07, 6.45) is -1.89. The number of carbonyl (C=O) groups excluding carboxylic acids is 1. The van der Waals surface area contributed by atoms with Crippen molar-refractivity contribution in [3.63, 3.8) is 0 Å². The number of ether oxygens (including phenoxy) is 1. The minimum absolute atomic E-state index is 0.325. The maximum Gasteiger partial charge on any atom is 0.324 e. The van der Waals surface area contributed by atoms with Crippen molar-refractivity contribution >= 4 is 39.2 Å². The molecule has 0 saturated carbocycles. The predicted octanol–water partition coefficient (Wildman–Crippen LogP) is 4.42. The van der Waals surface area contributed by atoms with Crippen molar-refractivity contribution in [3.8, 4) is 0 Å². The first-order chi connectivity index (χ1) is 12.3. The predicted molar refractivity (Wildman–Crippen MR) is 124 cm³/mol. The molecule has 0 spiro atoms. The van der Waals surface area contributed by atoms with Gasteiger partial charge in [-0.25, -0.2) is 0 Å². The van der Waals surface area contributed by atoms with E-state index >= 15 is 0 Å². The van der Waals surface area contributed by atoms with Crippen molar-refractivity contribution in [1.82, 2.24) is 0 Å². The normalized spacial score (nSPS) is 27.1. The molecule has 0 N–H and O–H groups in total. The number of hydrogen-bond donors (Lipinski definition) is 0. The Labute approximate surface area is 176 Å². The van der Waals surface area contributed by atoms with E-state index in [1.807, 2.05) is 19.6 Å². The third-order valence-electron chi connectivity index (χ3n) is 3.61. The Balaban J connectivity index is 3.19. The first-order valence-electron chi connectivity index (χ1n) is 10.2. The molecule has 1 heterocycles. The van der Waals surface area contributed by atoms with Crippen LogP contribution in [0.25, 0.3) is 0 Å². The van der Waals surface area contributed by atoms with Crippen LogP contribution in [-0.2, 0) is 27.2 Å². The molecular weight excluding hydrogens is 425 g/mol. The summed E-state index contributed by atoms with van der Waals surface area (Å²) in [4.78, 5) is 13.0. The Morgan fingerprint density at radius 1 is 0.714 bits per heavy atom. The van der Waals surface area contributed by atoms with Crippen LogP contribution >= 0.6 is 0 Å². The average molecular weight is 467 g/mol. The van der Waals surface area contributed by atoms with E-state index in [4.69, 9.17) is 22.4 Å². The van der Waals surface area contributed by atoms with Gasteiger partial charge in [-0.2, -0.15) is 0 Å². The van der Waals surface area contributed by atoms with Gasteiger partial charge in [0.2, 0.25) is 8.32 Å². The third-order valence-corrected chi connectivity index (χ3v) is 7.41. The van der Waals surface area contributed by atoms with Crippen LogP contribution in [0.15, 0.2) is 0 Å². The topological polar surface area (TPSA) is 63.2 Å². The lowest BCUT2D eigenvalue weighted by Gasteiger charge is -2.34. The second-order valence-corrected chi connectivity index (χ2v) is 29.3. The minimum atomic E-state index is -2.05. The molecule has 1 fully saturated rings. The van der Waals surface area contributed by atoms with Crippen LogP contribution < -0.4 is 0 Å². The Hall–Kier alpha value is 0.178. The highest BCUT2D eigenvalue weighted by Gasteiger charge is 2.53. The first-order valence-corrected chi connectivity index (χ1v) is 23.8. The van der Waals surface area contributed by atoms with E-state index in [1.54, 1.807) is 0 Å². The zero-order valence-electron chi connectivity index (χ0n) is 20.0. The van der Waals surface area contributed by atoms with Crippen molar-refractivity contribution in [2.45, 2.75) is 103 Å². The van der Waals surface area contributed by atoms with Gasteiger partial charge in [-0.3, -0.25) is 4.79 Å². The van der Waals surface area contributed by atoms with Gasteiger partial charge in [0.25, 0.3) is 0 Å². The molecule has 166 valence electrons. The van der Waals surface area contributed by atoms with Gasteiger partial charge in [-0.05, 0) is 78.6 Å². The van der Waals surface area contributed by atoms with Crippen molar-refractivity contribution in [1.29, 1.82) is 0 Å². The van der Waals surface area contributed by atoms with Crippen LogP contribution in [0.2, 0.25) is 78.6 Å². The molecule has 4 atom stereocenters. The molecule has 0 aliphatic carbocycles. The Kier molecular flexibility index (Phi) is 8.54. The van der Waals surface area contributed by atoms with E-state index < -0.39 is 45.5 Å². The monoisotopic (exact) mass is 466 g/mol. The number of carbonyl (C=O) groups is 1. The summed E-state index contributed by atoms with van der Waals surface area (Å²) in [5.74, 6) is -0.331. The van der Waals surface area contributed by atoms with Gasteiger partial charge < -0.3 is 22.4 Å². The molecule has 6 nitrogen and oxygen atoms in total. The summed E-state index contributed by atoms with van der Waals surface area (Å²) < 4.78 is 31.1. The zero-order valence-corrected chi connectivity index (χ0v) is 24.0. The van der Waals surface area contributed by atoms with E-state index in [-0.39, 0.29) is 18.2 Å². The Morgan fingerprint density at radius 2 is 1.18 bits per heavy atom. The smallest absolute Gasteiger partial charge is 0.324 e. The second kappa shape index (κ2) is 9.12. The SMILES string of the molecule is C[Si](C)(C)OC[C@@H]1O[C@H](C(=O)O[Si](C)(C)C)[C@@H](O[Si](C)(C)C)[C@H]1O[Si](C)(C)C. The van der Waals surface area contributed by atoms with E-state index in [1.165, 1.54) is 0 Å². The highest BCUT2D eigenvalue weighted by atomic mass is 28.4. The fourth-order valence-electron chi connectivity index (χ4n) is 2.83. The first kappa shape index (κ1) is 26.2. The third kappa shape index (κ3) is 9.79.